The quantitative estimate of drug-likeness (QED) is 0.0247. The number of carboxylic acids is 1. The van der Waals surface area contributed by atoms with Crippen LogP contribution in [-0.4, -0.2) is 173 Å². The number of primary amides is 1. The molecule has 30 heteroatoms. The van der Waals surface area contributed by atoms with Crippen LogP contribution < -0.4 is 76.5 Å². The first-order valence-electron chi connectivity index (χ1n) is 21.6. The van der Waals surface area contributed by atoms with Crippen molar-refractivity contribution in [2.75, 3.05) is 37.7 Å². The van der Waals surface area contributed by atoms with Gasteiger partial charge in [0.1, 0.15) is 54.4 Å². The number of amides is 10. The third-order valence-electron chi connectivity index (χ3n) is 9.99. The van der Waals surface area contributed by atoms with Gasteiger partial charge >= 0.3 is 5.97 Å². The fourth-order valence-corrected chi connectivity index (χ4v) is 6.77. The zero-order valence-electron chi connectivity index (χ0n) is 37.6. The molecule has 68 heavy (non-hydrogen) atoms. The molecule has 1 rings (SSSR count). The van der Waals surface area contributed by atoms with Crippen LogP contribution in [0.5, 0.6) is 0 Å². The number of nitrogens with two attached hydrogens (primary N) is 5. The second kappa shape index (κ2) is 31.9. The highest BCUT2D eigenvalue weighted by atomic mass is 32.1. The Morgan fingerprint density at radius 3 is 1.24 bits per heavy atom. The van der Waals surface area contributed by atoms with E-state index in [1.165, 1.54) is 6.92 Å². The number of carbonyl (C=O) groups excluding carboxylic acids is 10. The van der Waals surface area contributed by atoms with Gasteiger partial charge in [-0.1, -0.05) is 0 Å². The first kappa shape index (κ1) is 60.0. The van der Waals surface area contributed by atoms with E-state index in [1.54, 1.807) is 0 Å². The number of rotatable bonds is 19. The van der Waals surface area contributed by atoms with Gasteiger partial charge in [-0.2, -0.15) is 25.3 Å². The van der Waals surface area contributed by atoms with Crippen molar-refractivity contribution in [2.45, 2.75) is 126 Å². The minimum absolute atomic E-state index is 0.00835. The SMILES string of the molecule is C[C@@H]1NC(=O)[C@H](CS)NC(=O)[C@H](CS)NC(=O)[C@H](CC(=O)O)NC(=O)[C@H](CCCCN)NC(=O)[C@H](CC(N)=O)NC(=O)[C@H](CCCCN)NC(=O)[C@H](CO)NC(=O)[C@H](CCCN=C(N)N)NC1=O. The number of aliphatic imine (C=N–C) groups is 1. The number of hydrogen-bond donors (Lipinski definition) is 18. The summed E-state index contributed by atoms with van der Waals surface area (Å²) in [5, 5.41) is 41.0. The molecule has 0 unspecified atom stereocenters. The summed E-state index contributed by atoms with van der Waals surface area (Å²) in [7, 11) is 0. The third-order valence-corrected chi connectivity index (χ3v) is 10.7. The fraction of sp³-hybridized carbons (Fsp3) is 0.684. The number of nitrogens with one attached hydrogen (secondary N) is 9. The normalized spacial score (nSPS) is 25.6. The zero-order valence-corrected chi connectivity index (χ0v) is 39.4. The number of thiol groups is 2. The lowest BCUT2D eigenvalue weighted by Gasteiger charge is -2.27. The van der Waals surface area contributed by atoms with E-state index in [1.807, 2.05) is 0 Å². The molecule has 1 heterocycles. The van der Waals surface area contributed by atoms with E-state index in [2.05, 4.69) is 78.1 Å². The molecule has 0 aromatic rings. The summed E-state index contributed by atoms with van der Waals surface area (Å²) in [6, 6.07) is -14.4. The maximum absolute atomic E-state index is 13.8. The Hall–Kier alpha value is -5.98. The van der Waals surface area contributed by atoms with Gasteiger partial charge in [0.15, 0.2) is 5.96 Å². The van der Waals surface area contributed by atoms with Crippen LogP contribution in [0.1, 0.15) is 71.1 Å². The number of aliphatic hydroxyl groups is 1. The predicted molar refractivity (Wildman–Crippen MR) is 250 cm³/mol. The fourth-order valence-electron chi connectivity index (χ4n) is 6.25. The van der Waals surface area contributed by atoms with Crippen LogP contribution in [0.15, 0.2) is 4.99 Å². The minimum atomic E-state index is -1.88. The summed E-state index contributed by atoms with van der Waals surface area (Å²) in [5.74, 6) is -13.2. The lowest BCUT2D eigenvalue weighted by Crippen LogP contribution is -2.61. The van der Waals surface area contributed by atoms with E-state index in [-0.39, 0.29) is 69.9 Å². The van der Waals surface area contributed by atoms with Crippen molar-refractivity contribution in [2.24, 2.45) is 33.7 Å². The van der Waals surface area contributed by atoms with Gasteiger partial charge in [-0.3, -0.25) is 57.7 Å². The number of aliphatic carboxylic acids is 1. The van der Waals surface area contributed by atoms with Gasteiger partial charge in [-0.05, 0) is 71.4 Å². The standard InChI is InChI=1S/C38H67N15O13S2/c1-18-29(58)46-21(9-6-12-44-38(42)43)32(61)51-24(15-54)35(64)48-20(8-3-5-11-40)30(59)49-22(13-27(41)55)33(62)47-19(7-2-4-10-39)31(60)50-23(14-28(56)57)34(63)52-26(17-68)37(66)53-25(16-67)36(65)45-18/h18-26,54,67-68H,2-17,39-40H2,1H3,(H2,41,55)(H,45,65)(H,46,58)(H,47,62)(H,48,64)(H,49,59)(H,50,60)(H,51,61)(H,52,63)(H,53,66)(H,56,57)(H4,42,43,44)/t18-,19-,20-,21-,22-,23-,24-,25-,26-/m0/s1. The summed E-state index contributed by atoms with van der Waals surface area (Å²) < 4.78 is 0. The number of aliphatic hydroxyl groups excluding tert-OH is 1. The van der Waals surface area contributed by atoms with Gasteiger partial charge in [0.25, 0.3) is 0 Å². The van der Waals surface area contributed by atoms with Crippen LogP contribution in [0.4, 0.5) is 0 Å². The molecule has 0 spiro atoms. The van der Waals surface area contributed by atoms with E-state index in [0.717, 1.165) is 0 Å². The first-order valence-corrected chi connectivity index (χ1v) is 22.9. The molecule has 1 aliphatic heterocycles. The average Bonchev–Trinajstić information content (AvgIpc) is 3.27. The second-order valence-electron chi connectivity index (χ2n) is 15.6. The molecule has 9 atom stereocenters. The predicted octanol–water partition coefficient (Wildman–Crippen LogP) is -8.10. The molecule has 0 aromatic carbocycles. The van der Waals surface area contributed by atoms with Crippen LogP contribution in [0, 0.1) is 0 Å². The molecule has 0 radical (unpaired) electrons. The lowest BCUT2D eigenvalue weighted by molar-refractivity contribution is -0.141. The molecule has 21 N–H and O–H groups in total. The molecule has 28 nitrogen and oxygen atoms in total. The third kappa shape index (κ3) is 22.2. The Kier molecular flexibility index (Phi) is 28.2. The van der Waals surface area contributed by atoms with E-state index >= 15 is 0 Å². The zero-order chi connectivity index (χ0) is 51.5. The van der Waals surface area contributed by atoms with Crippen LogP contribution in [-0.2, 0) is 52.7 Å². The van der Waals surface area contributed by atoms with Crippen molar-refractivity contribution in [1.29, 1.82) is 0 Å². The summed E-state index contributed by atoms with van der Waals surface area (Å²) in [4.78, 5) is 150. The van der Waals surface area contributed by atoms with Crippen molar-refractivity contribution < 1.29 is 63.0 Å². The van der Waals surface area contributed by atoms with Crippen LogP contribution in [0.2, 0.25) is 0 Å². The van der Waals surface area contributed by atoms with Crippen molar-refractivity contribution in [3.63, 3.8) is 0 Å². The molecule has 1 saturated heterocycles. The molecule has 0 bridgehead atoms. The highest BCUT2D eigenvalue weighted by Crippen LogP contribution is 2.09. The molecular weight excluding hydrogens is 939 g/mol. The second-order valence-corrected chi connectivity index (χ2v) is 16.3. The molecule has 1 aliphatic rings. The van der Waals surface area contributed by atoms with E-state index < -0.39 is 145 Å². The molecule has 0 aromatic heterocycles. The minimum Gasteiger partial charge on any atom is -0.481 e. The van der Waals surface area contributed by atoms with Gasteiger partial charge in [-0.25, -0.2) is 0 Å². The van der Waals surface area contributed by atoms with Gasteiger partial charge in [0.05, 0.1) is 19.4 Å². The number of carboxylic acid groups (broad SMARTS) is 1. The highest BCUT2D eigenvalue weighted by molar-refractivity contribution is 7.80. The first-order chi connectivity index (χ1) is 32.1. The molecule has 0 saturated carbocycles. The number of nitrogens with zero attached hydrogens (tertiary/aromatic N) is 1. The number of guanidine groups is 1. The molecule has 0 aliphatic carbocycles. The van der Waals surface area contributed by atoms with Gasteiger partial charge < -0.3 is 86.7 Å². The molecular formula is C38H67N15O13S2. The highest BCUT2D eigenvalue weighted by Gasteiger charge is 2.36. The van der Waals surface area contributed by atoms with Gasteiger partial charge in [-0.15, -0.1) is 0 Å². The maximum atomic E-state index is 13.8. The average molecular weight is 1010 g/mol. The molecule has 10 amide bonds. The summed E-state index contributed by atoms with van der Waals surface area (Å²) >= 11 is 8.22. The van der Waals surface area contributed by atoms with E-state index in [9.17, 15) is 63.0 Å². The van der Waals surface area contributed by atoms with Crippen LogP contribution >= 0.6 is 25.3 Å². The molecule has 384 valence electrons. The van der Waals surface area contributed by atoms with Crippen LogP contribution in [0.3, 0.4) is 0 Å². The van der Waals surface area contributed by atoms with Crippen molar-refractivity contribution in [3.05, 3.63) is 0 Å². The Morgan fingerprint density at radius 1 is 0.500 bits per heavy atom. The summed E-state index contributed by atoms with van der Waals surface area (Å²) in [6.45, 7) is 0.527. The number of hydrogen-bond acceptors (Lipinski definition) is 17. The number of carbonyl (C=O) groups is 11. The topological polar surface area (TPSA) is 479 Å². The Balaban J connectivity index is 3.90. The Morgan fingerprint density at radius 2 is 0.838 bits per heavy atom. The van der Waals surface area contributed by atoms with Crippen molar-refractivity contribution in [1.82, 2.24) is 47.9 Å². The van der Waals surface area contributed by atoms with Crippen LogP contribution in [0.25, 0.3) is 0 Å². The Labute approximate surface area is 402 Å². The van der Waals surface area contributed by atoms with Gasteiger partial charge in [0.2, 0.25) is 59.1 Å². The van der Waals surface area contributed by atoms with Crippen molar-refractivity contribution >= 4 is 96.3 Å². The van der Waals surface area contributed by atoms with Gasteiger partial charge in [0, 0.05) is 18.1 Å². The molecule has 1 fully saturated rings. The summed E-state index contributed by atoms with van der Waals surface area (Å²) in [5.41, 5.74) is 27.5. The maximum Gasteiger partial charge on any atom is 0.305 e. The smallest absolute Gasteiger partial charge is 0.305 e. The monoisotopic (exact) mass is 1010 g/mol. The lowest BCUT2D eigenvalue weighted by atomic mass is 10.0. The summed E-state index contributed by atoms with van der Waals surface area (Å²) in [6.07, 6.45) is -1.13. The van der Waals surface area contributed by atoms with E-state index in [4.69, 9.17) is 28.7 Å². The van der Waals surface area contributed by atoms with Crippen molar-refractivity contribution in [3.8, 4) is 0 Å². The largest absolute Gasteiger partial charge is 0.481 e. The number of unbranched alkanes of at least 4 members (excludes halogenated alkanes) is 2. The Bertz CT molecular complexity index is 1810. The van der Waals surface area contributed by atoms with E-state index in [0.29, 0.717) is 12.8 Å².